The van der Waals surface area contributed by atoms with Crippen LogP contribution >= 0.6 is 0 Å². The highest BCUT2D eigenvalue weighted by Gasteiger charge is 2.23. The first-order valence-electron chi connectivity index (χ1n) is 8.94. The van der Waals surface area contributed by atoms with Crippen LogP contribution in [0, 0.1) is 5.92 Å². The number of esters is 1. The molecule has 0 rings (SSSR count). The van der Waals surface area contributed by atoms with Crippen LogP contribution in [0.2, 0.25) is 0 Å². The van der Waals surface area contributed by atoms with Gasteiger partial charge >= 0.3 is 5.97 Å². The van der Waals surface area contributed by atoms with Crippen molar-refractivity contribution in [3.63, 3.8) is 0 Å². The summed E-state index contributed by atoms with van der Waals surface area (Å²) in [6.45, 7) is 11.4. The van der Waals surface area contributed by atoms with Crippen molar-refractivity contribution in [2.24, 2.45) is 5.92 Å². The van der Waals surface area contributed by atoms with Gasteiger partial charge in [0, 0.05) is 12.6 Å². The predicted octanol–water partition coefficient (Wildman–Crippen LogP) is 2.57. The van der Waals surface area contributed by atoms with E-state index in [2.05, 4.69) is 19.7 Å². The third kappa shape index (κ3) is 11.5. The molecule has 0 aromatic carbocycles. The number of imide groups is 1. The van der Waals surface area contributed by atoms with Crippen LogP contribution in [0.5, 0.6) is 0 Å². The fraction of sp³-hybridized carbons (Fsp3) is 0.500. The average molecular weight is 379 g/mol. The van der Waals surface area contributed by atoms with E-state index in [1.54, 1.807) is 0 Å². The molecule has 27 heavy (non-hydrogen) atoms. The number of hydrogen-bond donors (Lipinski definition) is 0. The van der Waals surface area contributed by atoms with Gasteiger partial charge in [-0.05, 0) is 31.8 Å². The van der Waals surface area contributed by atoms with E-state index in [4.69, 9.17) is 9.47 Å². The molecule has 1 atom stereocenters. The molecule has 0 saturated heterocycles. The van der Waals surface area contributed by atoms with Crippen molar-refractivity contribution in [3.05, 3.63) is 37.6 Å². The lowest BCUT2D eigenvalue weighted by molar-refractivity contribution is -0.143. The first-order valence-corrected chi connectivity index (χ1v) is 8.94. The average Bonchev–Trinajstić information content (AvgIpc) is 2.69. The van der Waals surface area contributed by atoms with E-state index < -0.39 is 17.8 Å². The molecule has 0 radical (unpaired) electrons. The highest BCUT2D eigenvalue weighted by atomic mass is 16.5. The molecule has 7 heteroatoms. The summed E-state index contributed by atoms with van der Waals surface area (Å²) in [5.41, 5.74) is 0. The highest BCUT2D eigenvalue weighted by molar-refractivity contribution is 5.96. The van der Waals surface area contributed by atoms with Crippen molar-refractivity contribution in [3.8, 4) is 0 Å². The summed E-state index contributed by atoms with van der Waals surface area (Å²) in [5, 5.41) is 0. The van der Waals surface area contributed by atoms with E-state index in [1.807, 2.05) is 0 Å². The molecule has 0 aromatic heterocycles. The molecule has 7 nitrogen and oxygen atoms in total. The molecule has 0 spiro atoms. The minimum absolute atomic E-state index is 0.230. The summed E-state index contributed by atoms with van der Waals surface area (Å²) in [5.74, 6) is -1.34. The van der Waals surface area contributed by atoms with Gasteiger partial charge in [0.05, 0.1) is 19.1 Å². The van der Waals surface area contributed by atoms with Crippen LogP contribution in [0.4, 0.5) is 0 Å². The first-order chi connectivity index (χ1) is 13.0. The fourth-order valence-electron chi connectivity index (χ4n) is 2.20. The molecule has 2 amide bonds. The van der Waals surface area contributed by atoms with Gasteiger partial charge in [-0.1, -0.05) is 32.6 Å². The quantitative estimate of drug-likeness (QED) is 0.0734. The monoisotopic (exact) mass is 379 g/mol. The van der Waals surface area contributed by atoms with Crippen molar-refractivity contribution < 1.29 is 28.7 Å². The van der Waals surface area contributed by atoms with Crippen LogP contribution < -0.4 is 0 Å². The minimum atomic E-state index is -0.845. The molecular weight excluding hydrogens is 350 g/mol. The Morgan fingerprint density at radius 3 is 2.19 bits per heavy atom. The summed E-state index contributed by atoms with van der Waals surface area (Å²) >= 11 is 0. The second-order valence-electron chi connectivity index (χ2n) is 5.83. The summed E-state index contributed by atoms with van der Waals surface area (Å²) < 4.78 is 10.1. The minimum Gasteiger partial charge on any atom is -0.494 e. The Kier molecular flexibility index (Phi) is 14.0. The van der Waals surface area contributed by atoms with Crippen LogP contribution in [0.15, 0.2) is 37.6 Å². The Hall–Kier alpha value is -2.70. The van der Waals surface area contributed by atoms with E-state index in [9.17, 15) is 19.2 Å². The number of amides is 2. The fourth-order valence-corrected chi connectivity index (χ4v) is 2.20. The SMILES string of the molecule is C=CC(=C)OCCCCN(C=O)C(=O)C(C=O)CCCCCOC(=O)C=C. The molecule has 0 N–H and O–H groups in total. The smallest absolute Gasteiger partial charge is 0.330 e. The van der Waals surface area contributed by atoms with E-state index >= 15 is 0 Å². The number of unbranched alkanes of at least 4 members (excludes halogenated alkanes) is 3. The lowest BCUT2D eigenvalue weighted by Gasteiger charge is -2.19. The van der Waals surface area contributed by atoms with Crippen LogP contribution in [-0.4, -0.2) is 49.2 Å². The molecule has 0 fully saturated rings. The van der Waals surface area contributed by atoms with E-state index in [0.717, 1.165) is 11.0 Å². The lowest BCUT2D eigenvalue weighted by Crippen LogP contribution is -2.36. The van der Waals surface area contributed by atoms with Crippen LogP contribution in [0.1, 0.15) is 38.5 Å². The Morgan fingerprint density at radius 2 is 1.59 bits per heavy atom. The second kappa shape index (κ2) is 15.5. The van der Waals surface area contributed by atoms with Gasteiger partial charge in [-0.15, -0.1) is 0 Å². The Balaban J connectivity index is 4.13. The van der Waals surface area contributed by atoms with Crippen molar-refractivity contribution in [1.82, 2.24) is 4.90 Å². The zero-order valence-electron chi connectivity index (χ0n) is 15.8. The summed E-state index contributed by atoms with van der Waals surface area (Å²) in [6, 6.07) is 0. The van der Waals surface area contributed by atoms with Gasteiger partial charge in [-0.25, -0.2) is 4.79 Å². The molecule has 0 aromatic rings. The van der Waals surface area contributed by atoms with Crippen LogP contribution in [0.3, 0.4) is 0 Å². The van der Waals surface area contributed by atoms with Gasteiger partial charge in [-0.3, -0.25) is 14.5 Å². The second-order valence-corrected chi connectivity index (χ2v) is 5.83. The van der Waals surface area contributed by atoms with Crippen LogP contribution in [-0.2, 0) is 28.7 Å². The molecule has 0 aliphatic heterocycles. The predicted molar refractivity (Wildman–Crippen MR) is 101 cm³/mol. The van der Waals surface area contributed by atoms with Crippen molar-refractivity contribution >= 4 is 24.6 Å². The number of nitrogens with zero attached hydrogens (tertiary/aromatic N) is 1. The molecule has 0 bridgehead atoms. The topological polar surface area (TPSA) is 90.0 Å². The lowest BCUT2D eigenvalue weighted by atomic mass is 10.0. The number of carbonyl (C=O) groups is 4. The maximum atomic E-state index is 12.3. The number of rotatable bonds is 17. The summed E-state index contributed by atoms with van der Waals surface area (Å²) in [6.07, 6.45) is 7.13. The standard InChI is InChI=1S/C20H29NO6/c1-4-17(3)26-13-10-8-12-21(16-23)20(25)18(15-22)11-7-6-9-14-27-19(24)5-2/h4-5,15-16,18H,1-3,6-14H2. The zero-order chi connectivity index (χ0) is 20.5. The Morgan fingerprint density at radius 1 is 0.926 bits per heavy atom. The van der Waals surface area contributed by atoms with Gasteiger partial charge in [0.15, 0.2) is 0 Å². The molecular formula is C20H29NO6. The van der Waals surface area contributed by atoms with Crippen molar-refractivity contribution in [2.75, 3.05) is 19.8 Å². The molecule has 0 aliphatic carbocycles. The summed E-state index contributed by atoms with van der Waals surface area (Å²) in [4.78, 5) is 46.6. The molecule has 150 valence electrons. The van der Waals surface area contributed by atoms with Crippen LogP contribution in [0.25, 0.3) is 0 Å². The maximum absolute atomic E-state index is 12.3. The largest absolute Gasteiger partial charge is 0.494 e. The van der Waals surface area contributed by atoms with E-state index in [-0.39, 0.29) is 13.2 Å². The van der Waals surface area contributed by atoms with Crippen molar-refractivity contribution in [1.29, 1.82) is 0 Å². The Labute approximate surface area is 160 Å². The molecule has 1 unspecified atom stereocenters. The number of hydrogen-bond acceptors (Lipinski definition) is 6. The number of carbonyl (C=O) groups excluding carboxylic acids is 4. The summed E-state index contributed by atoms with van der Waals surface area (Å²) in [7, 11) is 0. The maximum Gasteiger partial charge on any atom is 0.330 e. The Bertz CT molecular complexity index is 529. The van der Waals surface area contributed by atoms with Gasteiger partial charge in [0.25, 0.3) is 0 Å². The molecule has 0 saturated carbocycles. The van der Waals surface area contributed by atoms with E-state index in [0.29, 0.717) is 63.6 Å². The number of ether oxygens (including phenoxy) is 2. The number of allylic oxidation sites excluding steroid dienone is 1. The van der Waals surface area contributed by atoms with Gasteiger partial charge < -0.3 is 14.3 Å². The van der Waals surface area contributed by atoms with Gasteiger partial charge in [0.2, 0.25) is 12.3 Å². The van der Waals surface area contributed by atoms with E-state index in [1.165, 1.54) is 6.08 Å². The molecule has 0 aliphatic rings. The normalized spacial score (nSPS) is 11.0. The third-order valence-electron chi connectivity index (χ3n) is 3.77. The van der Waals surface area contributed by atoms with Gasteiger partial charge in [-0.2, -0.15) is 0 Å². The number of aldehydes is 1. The molecule has 0 heterocycles. The first kappa shape index (κ1) is 24.3. The third-order valence-corrected chi connectivity index (χ3v) is 3.77. The van der Waals surface area contributed by atoms with Gasteiger partial charge in [0.1, 0.15) is 12.0 Å². The van der Waals surface area contributed by atoms with Crippen molar-refractivity contribution in [2.45, 2.75) is 38.5 Å². The zero-order valence-corrected chi connectivity index (χ0v) is 15.8. The highest BCUT2D eigenvalue weighted by Crippen LogP contribution is 2.12.